The van der Waals surface area contributed by atoms with Crippen LogP contribution in [0.2, 0.25) is 0 Å². The van der Waals surface area contributed by atoms with E-state index in [1.807, 2.05) is 41.5 Å². The second-order valence-corrected chi connectivity index (χ2v) is 6.14. The van der Waals surface area contributed by atoms with Crippen LogP contribution in [0.3, 0.4) is 0 Å². The third-order valence-corrected chi connectivity index (χ3v) is 1.62. The number of hydrogen-bond donors (Lipinski definition) is 0. The van der Waals surface area contributed by atoms with E-state index in [-0.39, 0.29) is 49.4 Å². The molecule has 0 fully saturated rings. The maximum atomic E-state index is 10.2. The van der Waals surface area contributed by atoms with Crippen molar-refractivity contribution < 1.29 is 29.6 Å². The summed E-state index contributed by atoms with van der Waals surface area (Å²) in [5.41, 5.74) is 0. The summed E-state index contributed by atoms with van der Waals surface area (Å²) in [5, 5.41) is 28.9. The number of carbonyl (C=O) groups is 2. The molecular weight excluding hydrogens is 327 g/mol. The van der Waals surface area contributed by atoms with Gasteiger partial charge >= 0.3 is 23.3 Å². The summed E-state index contributed by atoms with van der Waals surface area (Å²) in [7, 11) is 1.26. The number of esters is 1. The van der Waals surface area contributed by atoms with Crippen LogP contribution in [-0.4, -0.2) is 56.0 Å². The summed E-state index contributed by atoms with van der Waals surface area (Å²) in [4.78, 5) is 20.3. The van der Waals surface area contributed by atoms with E-state index in [2.05, 4.69) is 4.74 Å². The maximum absolute atomic E-state index is 10.2. The summed E-state index contributed by atoms with van der Waals surface area (Å²) in [5.74, 6) is 0.342. The first-order valence-electron chi connectivity index (χ1n) is 7.78. The molecule has 0 N–H and O–H groups in total. The number of ketones is 1. The molecular formula is C17H35AlO6. The average Bonchev–Trinajstić information content (AvgIpc) is 2.48. The predicted octanol–water partition coefficient (Wildman–Crippen LogP) is -0.234. The Balaban J connectivity index is -0.0000000677. The standard InChI is InChI=1S/C5H8O3.3C4H9O.Al/c1-4(6)3-5(7)8-2;3*1-4(2)3-5;/h3H2,1-2H3;3*4H,3H2,1-2H3;/q;3*-1;+3. The number of rotatable bonds is 5. The van der Waals surface area contributed by atoms with Crippen LogP contribution in [-0.2, 0) is 14.3 Å². The Morgan fingerprint density at radius 2 is 1.00 bits per heavy atom. The van der Waals surface area contributed by atoms with Crippen LogP contribution in [0.1, 0.15) is 54.9 Å². The van der Waals surface area contributed by atoms with Crippen molar-refractivity contribution in [3.63, 3.8) is 0 Å². The largest absolute Gasteiger partial charge is 3.00 e. The van der Waals surface area contributed by atoms with Crippen molar-refractivity contribution in [3.05, 3.63) is 0 Å². The molecule has 0 rings (SSSR count). The van der Waals surface area contributed by atoms with Crippen LogP contribution in [0, 0.1) is 17.8 Å². The molecule has 0 aromatic carbocycles. The Hall–Kier alpha value is -0.448. The number of Topliss-reactive ketones (excluding diaryl/α,β-unsaturated/α-hetero) is 1. The smallest absolute Gasteiger partial charge is 0.854 e. The van der Waals surface area contributed by atoms with E-state index in [4.69, 9.17) is 0 Å². The third kappa shape index (κ3) is 68.2. The number of carbonyl (C=O) groups excluding carboxylic acids is 2. The van der Waals surface area contributed by atoms with Crippen molar-refractivity contribution >= 4 is 29.1 Å². The molecule has 0 aromatic heterocycles. The molecule has 0 aliphatic carbocycles. The fourth-order valence-electron chi connectivity index (χ4n) is 0.275. The molecule has 142 valence electrons. The second-order valence-electron chi connectivity index (χ2n) is 6.14. The van der Waals surface area contributed by atoms with Gasteiger partial charge in [-0.1, -0.05) is 59.3 Å². The Bertz CT molecular complexity index is 236. The molecule has 0 unspecified atom stereocenters. The van der Waals surface area contributed by atoms with Crippen molar-refractivity contribution in [1.82, 2.24) is 0 Å². The van der Waals surface area contributed by atoms with Crippen LogP contribution < -0.4 is 15.3 Å². The van der Waals surface area contributed by atoms with E-state index >= 15 is 0 Å². The van der Waals surface area contributed by atoms with E-state index < -0.39 is 5.97 Å². The molecule has 0 heterocycles. The fourth-order valence-corrected chi connectivity index (χ4v) is 0.275. The van der Waals surface area contributed by atoms with Gasteiger partial charge in [-0.2, -0.15) is 0 Å². The van der Waals surface area contributed by atoms with Crippen molar-refractivity contribution in [3.8, 4) is 0 Å². The van der Waals surface area contributed by atoms with Gasteiger partial charge in [0.1, 0.15) is 12.2 Å². The SMILES string of the molecule is CC(C)C[O-].CC(C)C[O-].CC(C)C[O-].COC(=O)CC(C)=O.[Al+3]. The molecule has 0 saturated heterocycles. The maximum Gasteiger partial charge on any atom is 3.00 e. The fraction of sp³-hybridized carbons (Fsp3) is 0.882. The van der Waals surface area contributed by atoms with E-state index in [1.54, 1.807) is 0 Å². The Morgan fingerprint density at radius 1 is 0.792 bits per heavy atom. The molecule has 0 aliphatic rings. The summed E-state index contributed by atoms with van der Waals surface area (Å²) >= 11 is 0. The zero-order valence-corrected chi connectivity index (χ0v) is 17.7. The summed E-state index contributed by atoms with van der Waals surface area (Å²) < 4.78 is 4.20. The van der Waals surface area contributed by atoms with Gasteiger partial charge in [-0.05, 0) is 6.92 Å². The second kappa shape index (κ2) is 27.4. The van der Waals surface area contributed by atoms with Crippen LogP contribution >= 0.6 is 0 Å². The number of ether oxygens (including phenoxy) is 1. The molecule has 0 spiro atoms. The van der Waals surface area contributed by atoms with Crippen molar-refractivity contribution in [1.29, 1.82) is 0 Å². The average molecular weight is 362 g/mol. The zero-order valence-electron chi connectivity index (χ0n) is 16.6. The van der Waals surface area contributed by atoms with Gasteiger partial charge in [0.25, 0.3) is 0 Å². The molecule has 6 nitrogen and oxygen atoms in total. The van der Waals surface area contributed by atoms with E-state index in [0.29, 0.717) is 17.8 Å². The van der Waals surface area contributed by atoms with Crippen LogP contribution in [0.15, 0.2) is 0 Å². The van der Waals surface area contributed by atoms with E-state index in [9.17, 15) is 24.9 Å². The molecule has 0 amide bonds. The minimum absolute atomic E-state index is 0. The molecule has 24 heavy (non-hydrogen) atoms. The summed E-state index contributed by atoms with van der Waals surface area (Å²) in [6.45, 7) is 13.0. The van der Waals surface area contributed by atoms with Crippen molar-refractivity contribution in [2.45, 2.75) is 54.9 Å². The van der Waals surface area contributed by atoms with E-state index in [1.165, 1.54) is 14.0 Å². The molecule has 0 aromatic rings. The first-order chi connectivity index (χ1) is 10.5. The van der Waals surface area contributed by atoms with Gasteiger partial charge in [-0.15, -0.1) is 19.8 Å². The van der Waals surface area contributed by atoms with Gasteiger partial charge in [0.2, 0.25) is 0 Å². The van der Waals surface area contributed by atoms with Gasteiger partial charge in [0, 0.05) is 0 Å². The topological polar surface area (TPSA) is 113 Å². The monoisotopic (exact) mass is 362 g/mol. The minimum atomic E-state index is -0.475. The minimum Gasteiger partial charge on any atom is -0.854 e. The molecule has 7 heteroatoms. The van der Waals surface area contributed by atoms with Gasteiger partial charge in [-0.25, -0.2) is 0 Å². The predicted molar refractivity (Wildman–Crippen MR) is 92.2 cm³/mol. The van der Waals surface area contributed by atoms with Gasteiger partial charge < -0.3 is 20.1 Å². The van der Waals surface area contributed by atoms with Gasteiger partial charge in [0.05, 0.1) is 7.11 Å². The molecule has 0 radical (unpaired) electrons. The van der Waals surface area contributed by atoms with Crippen molar-refractivity contribution in [2.75, 3.05) is 26.9 Å². The normalized spacial score (nSPS) is 8.75. The third-order valence-electron chi connectivity index (χ3n) is 1.62. The first-order valence-corrected chi connectivity index (χ1v) is 7.78. The Labute approximate surface area is 158 Å². The van der Waals surface area contributed by atoms with Gasteiger partial charge in [0.15, 0.2) is 0 Å². The van der Waals surface area contributed by atoms with Crippen LogP contribution in [0.25, 0.3) is 0 Å². The zero-order chi connectivity index (χ0) is 19.4. The molecule has 0 aliphatic heterocycles. The quantitative estimate of drug-likeness (QED) is 0.379. The van der Waals surface area contributed by atoms with Crippen LogP contribution in [0.4, 0.5) is 0 Å². The van der Waals surface area contributed by atoms with Gasteiger partial charge in [-0.3, -0.25) is 9.59 Å². The molecule has 0 saturated carbocycles. The first kappa shape index (κ1) is 34.8. The molecule has 0 atom stereocenters. The van der Waals surface area contributed by atoms with Crippen molar-refractivity contribution in [2.24, 2.45) is 17.8 Å². The Kier molecular flexibility index (Phi) is 39.7. The summed E-state index contributed by atoms with van der Waals surface area (Å²) in [6.07, 6.45) is -0.115. The number of methoxy groups -OCH3 is 1. The van der Waals surface area contributed by atoms with Crippen LogP contribution in [0.5, 0.6) is 0 Å². The number of hydrogen-bond acceptors (Lipinski definition) is 6. The molecule has 0 bridgehead atoms. The summed E-state index contributed by atoms with van der Waals surface area (Å²) in [6, 6.07) is 0. The Morgan fingerprint density at radius 3 is 1.04 bits per heavy atom. The van der Waals surface area contributed by atoms with E-state index in [0.717, 1.165) is 0 Å².